The highest BCUT2D eigenvalue weighted by atomic mass is 35.5. The first-order valence-electron chi connectivity index (χ1n) is 3.52. The van der Waals surface area contributed by atoms with Gasteiger partial charge in [-0.2, -0.15) is 5.26 Å². The van der Waals surface area contributed by atoms with Gasteiger partial charge in [-0.25, -0.2) is 13.8 Å². The smallest absolute Gasteiger partial charge is 0.284 e. The monoisotopic (exact) mass is 218 g/mol. The molecule has 74 valence electrons. The highest BCUT2D eigenvalue weighted by molar-refractivity contribution is 6.31. The second kappa shape index (κ2) is 4.20. The lowest BCUT2D eigenvalue weighted by molar-refractivity contribution is 0.141. The van der Waals surface area contributed by atoms with E-state index in [1.54, 1.807) is 6.07 Å². The fourth-order valence-electron chi connectivity index (χ4n) is 0.885. The van der Waals surface area contributed by atoms with Crippen molar-refractivity contribution < 1.29 is 13.5 Å². The van der Waals surface area contributed by atoms with Crippen LogP contribution in [0.5, 0.6) is 5.75 Å². The van der Waals surface area contributed by atoms with Crippen LogP contribution in [0.2, 0.25) is 5.02 Å². The zero-order valence-electron chi connectivity index (χ0n) is 7.09. The number of aromatic nitrogens is 1. The van der Waals surface area contributed by atoms with E-state index in [2.05, 4.69) is 9.72 Å². The van der Waals surface area contributed by atoms with E-state index in [1.807, 2.05) is 0 Å². The molecule has 0 radical (unpaired) electrons. The third kappa shape index (κ3) is 1.91. The average molecular weight is 219 g/mol. The maximum Gasteiger partial charge on any atom is 0.284 e. The standard InChI is InChI=1S/C8H5ClF2N2O/c1-14-6-2-4(9)5(3-12)13-7(6)8(10)11/h2,8H,1H3. The lowest BCUT2D eigenvalue weighted by Crippen LogP contribution is -1.99. The van der Waals surface area contributed by atoms with E-state index < -0.39 is 12.1 Å². The highest BCUT2D eigenvalue weighted by Gasteiger charge is 2.18. The molecule has 14 heavy (non-hydrogen) atoms. The van der Waals surface area contributed by atoms with Crippen LogP contribution in [0, 0.1) is 11.3 Å². The third-order valence-electron chi connectivity index (χ3n) is 1.50. The minimum Gasteiger partial charge on any atom is -0.495 e. The van der Waals surface area contributed by atoms with Crippen LogP contribution in [0.15, 0.2) is 6.07 Å². The van der Waals surface area contributed by atoms with Gasteiger partial charge in [0.25, 0.3) is 6.43 Å². The van der Waals surface area contributed by atoms with Crippen molar-refractivity contribution in [1.29, 1.82) is 5.26 Å². The third-order valence-corrected chi connectivity index (χ3v) is 1.79. The SMILES string of the molecule is COc1cc(Cl)c(C#N)nc1C(F)F. The Morgan fingerprint density at radius 3 is 2.71 bits per heavy atom. The predicted octanol–water partition coefficient (Wildman–Crippen LogP) is 2.55. The molecule has 1 heterocycles. The lowest BCUT2D eigenvalue weighted by Gasteiger charge is -2.07. The zero-order valence-corrected chi connectivity index (χ0v) is 7.85. The van der Waals surface area contributed by atoms with Crippen molar-refractivity contribution in [2.45, 2.75) is 6.43 Å². The summed E-state index contributed by atoms with van der Waals surface area (Å²) in [6, 6.07) is 2.76. The first-order valence-corrected chi connectivity index (χ1v) is 3.90. The summed E-state index contributed by atoms with van der Waals surface area (Å²) in [4.78, 5) is 3.39. The second-order valence-electron chi connectivity index (χ2n) is 2.32. The minimum atomic E-state index is -2.80. The summed E-state index contributed by atoms with van der Waals surface area (Å²) < 4.78 is 29.4. The number of nitrogens with zero attached hydrogens (tertiary/aromatic N) is 2. The van der Waals surface area contributed by atoms with E-state index in [0.29, 0.717) is 0 Å². The van der Waals surface area contributed by atoms with Gasteiger partial charge in [0.15, 0.2) is 5.69 Å². The molecule has 3 nitrogen and oxygen atoms in total. The van der Waals surface area contributed by atoms with E-state index in [1.165, 1.54) is 7.11 Å². The summed E-state index contributed by atoms with van der Waals surface area (Å²) in [7, 11) is 1.23. The topological polar surface area (TPSA) is 45.9 Å². The summed E-state index contributed by atoms with van der Waals surface area (Å²) >= 11 is 5.58. The molecule has 1 aromatic heterocycles. The minimum absolute atomic E-state index is 0.00579. The van der Waals surface area contributed by atoms with Gasteiger partial charge >= 0.3 is 0 Å². The maximum absolute atomic E-state index is 12.4. The molecule has 0 bridgehead atoms. The van der Waals surface area contributed by atoms with E-state index in [0.717, 1.165) is 6.07 Å². The molecule has 6 heteroatoms. The van der Waals surface area contributed by atoms with Gasteiger partial charge in [-0.05, 0) is 0 Å². The molecule has 0 aromatic carbocycles. The van der Waals surface area contributed by atoms with Crippen molar-refractivity contribution in [3.63, 3.8) is 0 Å². The first-order chi connectivity index (χ1) is 6.60. The summed E-state index contributed by atoms with van der Waals surface area (Å²) in [6.07, 6.45) is -2.80. The van der Waals surface area contributed by atoms with Crippen LogP contribution < -0.4 is 4.74 Å². The van der Waals surface area contributed by atoms with Crippen molar-refractivity contribution in [1.82, 2.24) is 4.98 Å². The molecular formula is C8H5ClF2N2O. The van der Waals surface area contributed by atoms with Gasteiger partial charge < -0.3 is 4.74 Å². The molecule has 0 unspecified atom stereocenters. The van der Waals surface area contributed by atoms with Crippen LogP contribution in [0.3, 0.4) is 0 Å². The Morgan fingerprint density at radius 1 is 1.64 bits per heavy atom. The van der Waals surface area contributed by atoms with Crippen LogP contribution in [0.25, 0.3) is 0 Å². The average Bonchev–Trinajstić information content (AvgIpc) is 2.16. The zero-order chi connectivity index (χ0) is 10.7. The number of rotatable bonds is 2. The Morgan fingerprint density at radius 2 is 2.29 bits per heavy atom. The summed E-state index contributed by atoms with van der Waals surface area (Å²) in [5.41, 5.74) is -0.809. The molecule has 1 aromatic rings. The van der Waals surface area contributed by atoms with Gasteiger partial charge in [-0.3, -0.25) is 0 Å². The maximum atomic E-state index is 12.4. The van der Waals surface area contributed by atoms with Gasteiger partial charge in [0.05, 0.1) is 12.1 Å². The molecule has 0 atom stereocenters. The number of ether oxygens (including phenoxy) is 1. The van der Waals surface area contributed by atoms with E-state index in [9.17, 15) is 8.78 Å². The quantitative estimate of drug-likeness (QED) is 0.766. The van der Waals surface area contributed by atoms with Gasteiger partial charge in [0.2, 0.25) is 0 Å². The number of hydrogen-bond acceptors (Lipinski definition) is 3. The molecule has 0 spiro atoms. The Bertz CT molecular complexity index is 390. The fourth-order valence-corrected chi connectivity index (χ4v) is 1.07. The van der Waals surface area contributed by atoms with Gasteiger partial charge in [-0.15, -0.1) is 0 Å². The van der Waals surface area contributed by atoms with Crippen LogP contribution in [0.1, 0.15) is 17.8 Å². The molecule has 0 N–H and O–H groups in total. The number of halogens is 3. The molecule has 0 aliphatic heterocycles. The summed E-state index contributed by atoms with van der Waals surface area (Å²) in [5.74, 6) is -0.121. The molecule has 1 rings (SSSR count). The molecule has 0 saturated carbocycles. The number of pyridine rings is 1. The fraction of sp³-hybridized carbons (Fsp3) is 0.250. The lowest BCUT2D eigenvalue weighted by atomic mass is 10.3. The van der Waals surface area contributed by atoms with E-state index >= 15 is 0 Å². The van der Waals surface area contributed by atoms with Gasteiger partial charge in [0.1, 0.15) is 17.5 Å². The van der Waals surface area contributed by atoms with Gasteiger partial charge in [0, 0.05) is 6.07 Å². The highest BCUT2D eigenvalue weighted by Crippen LogP contribution is 2.30. The van der Waals surface area contributed by atoms with Crippen molar-refractivity contribution >= 4 is 11.6 Å². The number of methoxy groups -OCH3 is 1. The normalized spacial score (nSPS) is 10.0. The molecule has 0 saturated heterocycles. The molecular weight excluding hydrogens is 214 g/mol. The predicted molar refractivity (Wildman–Crippen MR) is 45.5 cm³/mol. The van der Waals surface area contributed by atoms with Crippen molar-refractivity contribution in [3.05, 3.63) is 22.5 Å². The largest absolute Gasteiger partial charge is 0.495 e. The van der Waals surface area contributed by atoms with Crippen LogP contribution in [-0.4, -0.2) is 12.1 Å². The molecule has 0 fully saturated rings. The molecule has 0 aliphatic rings. The Kier molecular flexibility index (Phi) is 3.20. The molecule has 0 amide bonds. The number of nitriles is 1. The summed E-state index contributed by atoms with van der Waals surface area (Å²) in [6.45, 7) is 0. The van der Waals surface area contributed by atoms with Crippen molar-refractivity contribution in [2.24, 2.45) is 0 Å². The van der Waals surface area contributed by atoms with Crippen LogP contribution in [-0.2, 0) is 0 Å². The Balaban J connectivity index is 3.34. The van der Waals surface area contributed by atoms with Crippen LogP contribution in [0.4, 0.5) is 8.78 Å². The second-order valence-corrected chi connectivity index (χ2v) is 2.73. The van der Waals surface area contributed by atoms with Crippen LogP contribution >= 0.6 is 11.6 Å². The van der Waals surface area contributed by atoms with Crippen molar-refractivity contribution in [3.8, 4) is 11.8 Å². The Hall–Kier alpha value is -1.41. The number of alkyl halides is 2. The van der Waals surface area contributed by atoms with E-state index in [-0.39, 0.29) is 16.5 Å². The molecule has 0 aliphatic carbocycles. The van der Waals surface area contributed by atoms with Crippen molar-refractivity contribution in [2.75, 3.05) is 7.11 Å². The Labute approximate surface area is 83.9 Å². The number of hydrogen-bond donors (Lipinski definition) is 0. The van der Waals surface area contributed by atoms with Gasteiger partial charge in [-0.1, -0.05) is 11.6 Å². The summed E-state index contributed by atoms with van der Waals surface area (Å²) in [5, 5.41) is 8.50. The first kappa shape index (κ1) is 10.7. The van der Waals surface area contributed by atoms with E-state index in [4.69, 9.17) is 16.9 Å².